The van der Waals surface area contributed by atoms with Gasteiger partial charge in [-0.3, -0.25) is 4.79 Å². The smallest absolute Gasteiger partial charge is 0.339 e. The first-order valence-electron chi connectivity index (χ1n) is 12.2. The highest BCUT2D eigenvalue weighted by molar-refractivity contribution is 7.89. The molecule has 0 saturated carbocycles. The van der Waals surface area contributed by atoms with Crippen molar-refractivity contribution in [3.05, 3.63) is 75.1 Å². The summed E-state index contributed by atoms with van der Waals surface area (Å²) >= 11 is 0. The Labute approximate surface area is 214 Å². The minimum Gasteiger partial charge on any atom is -0.465 e. The van der Waals surface area contributed by atoms with Crippen LogP contribution >= 0.6 is 0 Å². The monoisotopic (exact) mass is 525 g/mol. The first kappa shape index (κ1) is 25.2. The lowest BCUT2D eigenvalue weighted by molar-refractivity contribution is -0.151. The third kappa shape index (κ3) is 4.91. The highest BCUT2D eigenvalue weighted by Gasteiger charge is 2.35. The highest BCUT2D eigenvalue weighted by Crippen LogP contribution is 2.30. The second-order valence-electron chi connectivity index (χ2n) is 9.34. The number of rotatable bonds is 6. The molecule has 1 aromatic heterocycles. The third-order valence-corrected chi connectivity index (χ3v) is 9.07. The molecule has 194 valence electrons. The topological polar surface area (TPSA) is 120 Å². The van der Waals surface area contributed by atoms with E-state index in [-0.39, 0.29) is 43.0 Å². The number of sulfonamides is 1. The standard InChI is InChI=1S/C27H27NO8S/c1-34-27(31)21-7-2-3-8-24(21)37(32,33)28-11-9-17(10-12-28)26(30)35-16-20-15-25(29)36-23-14-19-6-4-5-18(19)13-22(20)23/h2-3,7-8,13-15,17H,4-6,9-12,16H2,1H3. The molecule has 1 aliphatic carbocycles. The van der Waals surface area contributed by atoms with Crippen LogP contribution in [0.1, 0.15) is 46.3 Å². The van der Waals surface area contributed by atoms with E-state index in [0.29, 0.717) is 11.1 Å². The molecule has 0 radical (unpaired) electrons. The minimum atomic E-state index is -3.95. The number of esters is 2. The van der Waals surface area contributed by atoms with Gasteiger partial charge in [0.2, 0.25) is 10.0 Å². The molecule has 1 saturated heterocycles. The van der Waals surface area contributed by atoms with Crippen LogP contribution < -0.4 is 5.63 Å². The second kappa shape index (κ2) is 10.1. The Hall–Kier alpha value is -3.50. The van der Waals surface area contributed by atoms with Gasteiger partial charge in [-0.25, -0.2) is 18.0 Å². The minimum absolute atomic E-state index is 0.0308. The van der Waals surface area contributed by atoms with Crippen LogP contribution in [0.4, 0.5) is 0 Å². The van der Waals surface area contributed by atoms with Gasteiger partial charge in [0.15, 0.2) is 0 Å². The predicted molar refractivity (Wildman–Crippen MR) is 134 cm³/mol. The van der Waals surface area contributed by atoms with Crippen molar-refractivity contribution in [1.82, 2.24) is 4.31 Å². The number of hydrogen-bond donors (Lipinski definition) is 0. The van der Waals surface area contributed by atoms with Crippen LogP contribution in [-0.4, -0.2) is 44.9 Å². The number of methoxy groups -OCH3 is 1. The van der Waals surface area contributed by atoms with Crippen molar-refractivity contribution in [1.29, 1.82) is 0 Å². The number of aryl methyl sites for hydroxylation is 2. The molecular weight excluding hydrogens is 498 g/mol. The molecule has 0 spiro atoms. The van der Waals surface area contributed by atoms with Gasteiger partial charge >= 0.3 is 17.6 Å². The van der Waals surface area contributed by atoms with Crippen molar-refractivity contribution >= 4 is 32.9 Å². The zero-order valence-electron chi connectivity index (χ0n) is 20.4. The van der Waals surface area contributed by atoms with Crippen LogP contribution in [0.5, 0.6) is 0 Å². The Bertz CT molecular complexity index is 1530. The average molecular weight is 526 g/mol. The lowest BCUT2D eigenvalue weighted by atomic mass is 9.98. The fourth-order valence-electron chi connectivity index (χ4n) is 5.12. The summed E-state index contributed by atoms with van der Waals surface area (Å²) in [6.07, 6.45) is 3.54. The summed E-state index contributed by atoms with van der Waals surface area (Å²) in [6.45, 7) is 0.161. The van der Waals surface area contributed by atoms with E-state index in [9.17, 15) is 22.8 Å². The molecule has 0 amide bonds. The zero-order valence-corrected chi connectivity index (χ0v) is 21.2. The van der Waals surface area contributed by atoms with Gasteiger partial charge in [0.1, 0.15) is 12.2 Å². The maximum Gasteiger partial charge on any atom is 0.339 e. The van der Waals surface area contributed by atoms with E-state index in [1.807, 2.05) is 12.1 Å². The SMILES string of the molecule is COC(=O)c1ccccc1S(=O)(=O)N1CCC(C(=O)OCc2cc(=O)oc3cc4c(cc23)CCC4)CC1. The van der Waals surface area contributed by atoms with Crippen molar-refractivity contribution < 1.29 is 31.9 Å². The molecular formula is C27H27NO8S. The highest BCUT2D eigenvalue weighted by atomic mass is 32.2. The lowest BCUT2D eigenvalue weighted by Gasteiger charge is -2.30. The zero-order chi connectivity index (χ0) is 26.2. The molecule has 5 rings (SSSR count). The number of fused-ring (bicyclic) bond motifs is 2. The summed E-state index contributed by atoms with van der Waals surface area (Å²) in [5.74, 6) is -1.64. The molecule has 37 heavy (non-hydrogen) atoms. The van der Waals surface area contributed by atoms with Crippen LogP contribution in [0, 0.1) is 5.92 Å². The molecule has 1 aliphatic heterocycles. The van der Waals surface area contributed by atoms with Gasteiger partial charge in [-0.2, -0.15) is 4.31 Å². The largest absolute Gasteiger partial charge is 0.465 e. The van der Waals surface area contributed by atoms with Gasteiger partial charge in [-0.1, -0.05) is 12.1 Å². The maximum absolute atomic E-state index is 13.2. The molecule has 0 atom stereocenters. The molecule has 1 fully saturated rings. The molecule has 2 aromatic carbocycles. The maximum atomic E-state index is 13.2. The number of hydrogen-bond acceptors (Lipinski definition) is 8. The molecule has 9 nitrogen and oxygen atoms in total. The van der Waals surface area contributed by atoms with E-state index in [0.717, 1.165) is 24.6 Å². The summed E-state index contributed by atoms with van der Waals surface area (Å²) in [7, 11) is -2.76. The Morgan fingerprint density at radius 3 is 2.49 bits per heavy atom. The van der Waals surface area contributed by atoms with Crippen molar-refractivity contribution in [2.75, 3.05) is 20.2 Å². The van der Waals surface area contributed by atoms with Crippen LogP contribution in [0.25, 0.3) is 11.0 Å². The van der Waals surface area contributed by atoms with Gasteiger partial charge in [0.25, 0.3) is 0 Å². The molecule has 3 aromatic rings. The summed E-state index contributed by atoms with van der Waals surface area (Å²) in [6, 6.07) is 11.2. The number of carbonyl (C=O) groups excluding carboxylic acids is 2. The third-order valence-electron chi connectivity index (χ3n) is 7.11. The Balaban J connectivity index is 1.25. The summed E-state index contributed by atoms with van der Waals surface area (Å²) < 4.78 is 43.4. The van der Waals surface area contributed by atoms with Crippen molar-refractivity contribution in [2.45, 2.75) is 43.6 Å². The molecule has 10 heteroatoms. The second-order valence-corrected chi connectivity index (χ2v) is 11.2. The Morgan fingerprint density at radius 2 is 1.76 bits per heavy atom. The molecule has 0 unspecified atom stereocenters. The summed E-state index contributed by atoms with van der Waals surface area (Å²) in [4.78, 5) is 36.9. The van der Waals surface area contributed by atoms with Crippen molar-refractivity contribution in [3.63, 3.8) is 0 Å². The van der Waals surface area contributed by atoms with E-state index >= 15 is 0 Å². The van der Waals surface area contributed by atoms with Gasteiger partial charge in [-0.05, 0) is 67.5 Å². The number of piperidine rings is 1. The van der Waals surface area contributed by atoms with Gasteiger partial charge < -0.3 is 13.9 Å². The van der Waals surface area contributed by atoms with E-state index in [1.54, 1.807) is 12.1 Å². The molecule has 0 N–H and O–H groups in total. The van der Waals surface area contributed by atoms with Crippen LogP contribution in [0.3, 0.4) is 0 Å². The summed E-state index contributed by atoms with van der Waals surface area (Å²) in [5.41, 5.74) is 2.95. The van der Waals surface area contributed by atoms with Gasteiger partial charge in [0, 0.05) is 30.1 Å². The first-order chi connectivity index (χ1) is 17.8. The van der Waals surface area contributed by atoms with E-state index < -0.39 is 33.5 Å². The van der Waals surface area contributed by atoms with Crippen LogP contribution in [0.15, 0.2) is 56.6 Å². The summed E-state index contributed by atoms with van der Waals surface area (Å²) in [5, 5.41) is 0.762. The quantitative estimate of drug-likeness (QED) is 0.355. The Kier molecular flexibility index (Phi) is 6.87. The lowest BCUT2D eigenvalue weighted by Crippen LogP contribution is -2.41. The normalized spacial score (nSPS) is 16.5. The Morgan fingerprint density at radius 1 is 1.05 bits per heavy atom. The fourth-order valence-corrected chi connectivity index (χ4v) is 6.77. The predicted octanol–water partition coefficient (Wildman–Crippen LogP) is 3.21. The number of nitrogens with zero attached hydrogens (tertiary/aromatic N) is 1. The van der Waals surface area contributed by atoms with Gasteiger partial charge in [-0.15, -0.1) is 0 Å². The van der Waals surface area contributed by atoms with Crippen LogP contribution in [-0.2, 0) is 43.7 Å². The fraction of sp³-hybridized carbons (Fsp3) is 0.370. The molecule has 0 bridgehead atoms. The number of benzene rings is 2. The average Bonchev–Trinajstić information content (AvgIpc) is 3.37. The van der Waals surface area contributed by atoms with Crippen LogP contribution in [0.2, 0.25) is 0 Å². The molecule has 2 heterocycles. The van der Waals surface area contributed by atoms with E-state index in [4.69, 9.17) is 13.9 Å². The van der Waals surface area contributed by atoms with Crippen molar-refractivity contribution in [3.8, 4) is 0 Å². The molecule has 2 aliphatic rings. The first-order valence-corrected chi connectivity index (χ1v) is 13.6. The number of carbonyl (C=O) groups is 2. The van der Waals surface area contributed by atoms with E-state index in [1.165, 1.54) is 40.7 Å². The number of ether oxygens (including phenoxy) is 2. The van der Waals surface area contributed by atoms with Crippen molar-refractivity contribution in [2.24, 2.45) is 5.92 Å². The van der Waals surface area contributed by atoms with E-state index in [2.05, 4.69) is 0 Å². The van der Waals surface area contributed by atoms with Gasteiger partial charge in [0.05, 0.1) is 23.5 Å².